The molecule has 1 rings (SSSR count). The van der Waals surface area contributed by atoms with Crippen molar-refractivity contribution in [1.82, 2.24) is 0 Å². The van der Waals surface area contributed by atoms with Crippen LogP contribution in [0.2, 0.25) is 0 Å². The highest BCUT2D eigenvalue weighted by Gasteiger charge is 2.16. The fourth-order valence-corrected chi connectivity index (χ4v) is 1.72. The van der Waals surface area contributed by atoms with Gasteiger partial charge in [-0.2, -0.15) is 0 Å². The Kier molecular flexibility index (Phi) is 7.11. The van der Waals surface area contributed by atoms with Gasteiger partial charge in [-0.3, -0.25) is 4.79 Å². The number of esters is 1. The molecule has 2 atom stereocenters. The van der Waals surface area contributed by atoms with Crippen LogP contribution >= 0.6 is 12.4 Å². The smallest absolute Gasteiger partial charge is 0.337 e. The van der Waals surface area contributed by atoms with Crippen LogP contribution in [0, 0.1) is 0 Å². The van der Waals surface area contributed by atoms with Gasteiger partial charge in [0.1, 0.15) is 0 Å². The maximum Gasteiger partial charge on any atom is 0.337 e. The van der Waals surface area contributed by atoms with E-state index in [-0.39, 0.29) is 24.3 Å². The minimum absolute atomic E-state index is 0. The van der Waals surface area contributed by atoms with E-state index in [4.69, 9.17) is 11.5 Å². The van der Waals surface area contributed by atoms with Crippen molar-refractivity contribution >= 4 is 24.3 Å². The van der Waals surface area contributed by atoms with E-state index in [1.165, 1.54) is 7.11 Å². The summed E-state index contributed by atoms with van der Waals surface area (Å²) in [5.41, 5.74) is 12.1. The summed E-state index contributed by atoms with van der Waals surface area (Å²) in [6.45, 7) is 1.93. The van der Waals surface area contributed by atoms with E-state index in [1.807, 2.05) is 13.0 Å². The molecule has 5 nitrogen and oxygen atoms in total. The number of halogens is 1. The van der Waals surface area contributed by atoms with Crippen molar-refractivity contribution in [3.8, 4) is 0 Å². The molecular formula is C13H19ClN2O3. The van der Waals surface area contributed by atoms with Crippen LogP contribution in [0.15, 0.2) is 24.3 Å². The molecule has 106 valence electrons. The van der Waals surface area contributed by atoms with Gasteiger partial charge in [0.15, 0.2) is 0 Å². The maximum absolute atomic E-state index is 11.4. The molecule has 0 aliphatic heterocycles. The quantitative estimate of drug-likeness (QED) is 0.795. The number of amides is 1. The van der Waals surface area contributed by atoms with Gasteiger partial charge < -0.3 is 16.2 Å². The Morgan fingerprint density at radius 3 is 2.53 bits per heavy atom. The lowest BCUT2D eigenvalue weighted by Crippen LogP contribution is -2.37. The Hall–Kier alpha value is -1.59. The summed E-state index contributed by atoms with van der Waals surface area (Å²) in [6, 6.07) is 6.39. The molecule has 0 radical (unpaired) electrons. The Morgan fingerprint density at radius 1 is 1.37 bits per heavy atom. The van der Waals surface area contributed by atoms with Crippen LogP contribution in [0.5, 0.6) is 0 Å². The Balaban J connectivity index is 0.00000324. The number of rotatable bonds is 5. The van der Waals surface area contributed by atoms with Gasteiger partial charge >= 0.3 is 5.97 Å². The zero-order valence-electron chi connectivity index (χ0n) is 11.0. The maximum atomic E-state index is 11.4. The first-order valence-corrected chi connectivity index (χ1v) is 5.69. The molecule has 0 fully saturated rings. The molecule has 1 aromatic carbocycles. The SMILES string of the molecule is COC(=O)c1cccc(C(C)C[C@H](N)C(N)=O)c1.Cl. The molecule has 4 N–H and O–H groups in total. The van der Waals surface area contributed by atoms with Crippen molar-refractivity contribution in [3.05, 3.63) is 35.4 Å². The summed E-state index contributed by atoms with van der Waals surface area (Å²) in [5.74, 6) is -0.869. The summed E-state index contributed by atoms with van der Waals surface area (Å²) in [4.78, 5) is 22.3. The molecule has 0 aliphatic rings. The third kappa shape index (κ3) is 4.89. The molecule has 0 saturated carbocycles. The van der Waals surface area contributed by atoms with E-state index < -0.39 is 11.9 Å². The van der Waals surface area contributed by atoms with Crippen molar-refractivity contribution in [2.75, 3.05) is 7.11 Å². The van der Waals surface area contributed by atoms with Gasteiger partial charge in [0.25, 0.3) is 0 Å². The zero-order valence-corrected chi connectivity index (χ0v) is 11.8. The lowest BCUT2D eigenvalue weighted by molar-refractivity contribution is -0.119. The topological polar surface area (TPSA) is 95.4 Å². The van der Waals surface area contributed by atoms with Gasteiger partial charge in [0, 0.05) is 0 Å². The fourth-order valence-electron chi connectivity index (χ4n) is 1.72. The Morgan fingerprint density at radius 2 is 2.00 bits per heavy atom. The monoisotopic (exact) mass is 286 g/mol. The van der Waals surface area contributed by atoms with E-state index in [2.05, 4.69) is 4.74 Å². The van der Waals surface area contributed by atoms with Crippen LogP contribution in [0.4, 0.5) is 0 Å². The number of methoxy groups -OCH3 is 1. The largest absolute Gasteiger partial charge is 0.465 e. The predicted molar refractivity (Wildman–Crippen MR) is 75.2 cm³/mol. The predicted octanol–water partition coefficient (Wildman–Crippen LogP) is 1.20. The lowest BCUT2D eigenvalue weighted by Gasteiger charge is -2.15. The number of ether oxygens (including phenoxy) is 1. The molecule has 0 heterocycles. The molecule has 0 saturated heterocycles. The van der Waals surface area contributed by atoms with Crippen LogP contribution < -0.4 is 11.5 Å². The first-order valence-electron chi connectivity index (χ1n) is 5.69. The third-order valence-corrected chi connectivity index (χ3v) is 2.85. The van der Waals surface area contributed by atoms with Crippen molar-refractivity contribution in [3.63, 3.8) is 0 Å². The van der Waals surface area contributed by atoms with Crippen LogP contribution in [0.25, 0.3) is 0 Å². The molecular weight excluding hydrogens is 268 g/mol. The summed E-state index contributed by atoms with van der Waals surface area (Å²) < 4.78 is 4.65. The van der Waals surface area contributed by atoms with Crippen LogP contribution in [-0.4, -0.2) is 25.0 Å². The highest BCUT2D eigenvalue weighted by molar-refractivity contribution is 5.89. The Bertz CT molecular complexity index is 451. The van der Waals surface area contributed by atoms with E-state index in [0.29, 0.717) is 12.0 Å². The molecule has 1 amide bonds. The molecule has 0 spiro atoms. The van der Waals surface area contributed by atoms with Crippen LogP contribution in [0.3, 0.4) is 0 Å². The van der Waals surface area contributed by atoms with E-state index in [1.54, 1.807) is 18.2 Å². The minimum atomic E-state index is -0.679. The molecule has 0 bridgehead atoms. The lowest BCUT2D eigenvalue weighted by atomic mass is 9.93. The van der Waals surface area contributed by atoms with E-state index in [9.17, 15) is 9.59 Å². The van der Waals surface area contributed by atoms with Crippen LogP contribution in [0.1, 0.15) is 35.2 Å². The minimum Gasteiger partial charge on any atom is -0.465 e. The zero-order chi connectivity index (χ0) is 13.7. The molecule has 1 aromatic rings. The fraction of sp³-hybridized carbons (Fsp3) is 0.385. The number of hydrogen-bond donors (Lipinski definition) is 2. The van der Waals surface area contributed by atoms with E-state index in [0.717, 1.165) is 5.56 Å². The van der Waals surface area contributed by atoms with Crippen molar-refractivity contribution < 1.29 is 14.3 Å². The number of carbonyl (C=O) groups is 2. The molecule has 19 heavy (non-hydrogen) atoms. The normalized spacial score (nSPS) is 13.0. The summed E-state index contributed by atoms with van der Waals surface area (Å²) in [5, 5.41) is 0. The van der Waals surface area contributed by atoms with Crippen molar-refractivity contribution in [2.24, 2.45) is 11.5 Å². The molecule has 6 heteroatoms. The standard InChI is InChI=1S/C13H18N2O3.ClH/c1-8(6-11(14)12(15)16)9-4-3-5-10(7-9)13(17)18-2;/h3-5,7-8,11H,6,14H2,1-2H3,(H2,15,16);1H/t8?,11-;/m0./s1. The van der Waals surface area contributed by atoms with Gasteiger partial charge in [0.05, 0.1) is 18.7 Å². The highest BCUT2D eigenvalue weighted by atomic mass is 35.5. The number of carbonyl (C=O) groups excluding carboxylic acids is 2. The van der Waals surface area contributed by atoms with E-state index >= 15 is 0 Å². The summed E-state index contributed by atoms with van der Waals surface area (Å²) >= 11 is 0. The van der Waals surface area contributed by atoms with Gasteiger partial charge in [-0.1, -0.05) is 19.1 Å². The second kappa shape index (κ2) is 7.76. The molecule has 1 unspecified atom stereocenters. The number of nitrogens with two attached hydrogens (primary N) is 2. The van der Waals surface area contributed by atoms with Gasteiger partial charge in [-0.25, -0.2) is 4.79 Å². The van der Waals surface area contributed by atoms with Gasteiger partial charge in [-0.05, 0) is 30.0 Å². The van der Waals surface area contributed by atoms with Gasteiger partial charge in [-0.15, -0.1) is 12.4 Å². The van der Waals surface area contributed by atoms with Crippen LogP contribution in [-0.2, 0) is 9.53 Å². The number of hydrogen-bond acceptors (Lipinski definition) is 4. The number of benzene rings is 1. The Labute approximate surface area is 118 Å². The van der Waals surface area contributed by atoms with Crippen molar-refractivity contribution in [2.45, 2.75) is 25.3 Å². The third-order valence-electron chi connectivity index (χ3n) is 2.85. The second-order valence-corrected chi connectivity index (χ2v) is 4.26. The van der Waals surface area contributed by atoms with Gasteiger partial charge in [0.2, 0.25) is 5.91 Å². The van der Waals surface area contributed by atoms with Crippen molar-refractivity contribution in [1.29, 1.82) is 0 Å². The average molecular weight is 287 g/mol. The highest BCUT2D eigenvalue weighted by Crippen LogP contribution is 2.21. The first-order chi connectivity index (χ1) is 8.45. The summed E-state index contributed by atoms with van der Waals surface area (Å²) in [7, 11) is 1.33. The second-order valence-electron chi connectivity index (χ2n) is 4.26. The summed E-state index contributed by atoms with van der Waals surface area (Å²) in [6.07, 6.45) is 0.444. The average Bonchev–Trinajstić information content (AvgIpc) is 2.37. The molecule has 0 aliphatic carbocycles. The number of primary amides is 1. The molecule has 0 aromatic heterocycles. The first kappa shape index (κ1) is 17.4.